The van der Waals surface area contributed by atoms with E-state index in [2.05, 4.69) is 20.2 Å². The van der Waals surface area contributed by atoms with Crippen LogP contribution >= 0.6 is 0 Å². The lowest BCUT2D eigenvalue weighted by Gasteiger charge is -1.81. The zero-order chi connectivity index (χ0) is 9.80. The average Bonchev–Trinajstić information content (AvgIpc) is 2.68. The Kier molecular flexibility index (Phi) is 2.14. The average molecular weight is 192 g/mol. The first kappa shape index (κ1) is 8.30. The van der Waals surface area contributed by atoms with Crippen molar-refractivity contribution in [3.05, 3.63) is 35.2 Å². The molecule has 0 aliphatic carbocycles. The summed E-state index contributed by atoms with van der Waals surface area (Å²) in [6, 6.07) is 9.09. The van der Waals surface area contributed by atoms with E-state index in [-0.39, 0.29) is 6.01 Å². The first-order valence-electron chi connectivity index (χ1n) is 3.80. The molecule has 0 amide bonds. The molecular formula is C7H6N5O2+. The predicted octanol–water partition coefficient (Wildman–Crippen LogP) is 0.440. The van der Waals surface area contributed by atoms with Crippen LogP contribution in [0.4, 0.5) is 6.01 Å². The highest BCUT2D eigenvalue weighted by molar-refractivity contribution is 5.20. The number of hydrogen-bond acceptors (Lipinski definition) is 5. The van der Waals surface area contributed by atoms with Crippen LogP contribution in [0.1, 0.15) is 0 Å². The molecule has 0 aliphatic heterocycles. The summed E-state index contributed by atoms with van der Waals surface area (Å²) in [6.07, 6.45) is 0. The van der Waals surface area contributed by atoms with E-state index in [0.717, 1.165) is 5.69 Å². The minimum Gasteiger partial charge on any atom is -0.257 e. The van der Waals surface area contributed by atoms with Crippen molar-refractivity contribution in [2.24, 2.45) is 5.29 Å². The Morgan fingerprint density at radius 1 is 1.36 bits per heavy atom. The largest absolute Gasteiger partial charge is 0.412 e. The summed E-state index contributed by atoms with van der Waals surface area (Å²) in [4.78, 5) is 11.1. The molecule has 1 N–H and O–H groups in total. The summed E-state index contributed by atoms with van der Waals surface area (Å²) < 4.78 is 4.66. The summed E-state index contributed by atoms with van der Waals surface area (Å²) in [7, 11) is 0. The standard InChI is InChI=1S/C7H5N5O2/c13-10-8-7-9-12(11-14-7)6-4-2-1-3-5-6/h1-5H/p+1. The Balaban J connectivity index is 2.29. The van der Waals surface area contributed by atoms with Crippen LogP contribution in [0.3, 0.4) is 0 Å². The van der Waals surface area contributed by atoms with E-state index in [9.17, 15) is 4.91 Å². The molecule has 0 unspecified atom stereocenters. The van der Waals surface area contributed by atoms with Gasteiger partial charge in [0.15, 0.2) is 0 Å². The molecule has 70 valence electrons. The number of anilines is 1. The van der Waals surface area contributed by atoms with Crippen LogP contribution in [0.25, 0.3) is 5.69 Å². The maximum Gasteiger partial charge on any atom is 0.412 e. The SMILES string of the molecule is O=NNc1n[n+](-c2ccccc2)no1. The molecule has 2 aromatic rings. The van der Waals surface area contributed by atoms with E-state index in [1.807, 2.05) is 23.6 Å². The second-order valence-electron chi connectivity index (χ2n) is 2.41. The Labute approximate surface area is 78.3 Å². The molecule has 7 nitrogen and oxygen atoms in total. The lowest BCUT2D eigenvalue weighted by Crippen LogP contribution is -2.35. The summed E-state index contributed by atoms with van der Waals surface area (Å²) in [5.41, 5.74) is 2.74. The van der Waals surface area contributed by atoms with Gasteiger partial charge in [-0.25, -0.2) is 0 Å². The van der Waals surface area contributed by atoms with Gasteiger partial charge < -0.3 is 0 Å². The Bertz CT molecular complexity index is 427. The molecule has 0 fully saturated rings. The highest BCUT2D eigenvalue weighted by Gasteiger charge is 2.16. The molecule has 1 aromatic heterocycles. The van der Waals surface area contributed by atoms with Gasteiger partial charge in [0.25, 0.3) is 5.69 Å². The fourth-order valence-electron chi connectivity index (χ4n) is 0.948. The third-order valence-electron chi connectivity index (χ3n) is 1.52. The van der Waals surface area contributed by atoms with Gasteiger partial charge in [-0.1, -0.05) is 18.2 Å². The van der Waals surface area contributed by atoms with Gasteiger partial charge in [0.05, 0.1) is 5.29 Å². The third kappa shape index (κ3) is 1.56. The minimum atomic E-state index is -0.0520. The van der Waals surface area contributed by atoms with Crippen molar-refractivity contribution in [2.45, 2.75) is 0 Å². The molecule has 0 radical (unpaired) electrons. The maximum absolute atomic E-state index is 9.82. The number of nitrogens with zero attached hydrogens (tertiary/aromatic N) is 4. The first-order valence-corrected chi connectivity index (χ1v) is 3.80. The zero-order valence-electron chi connectivity index (χ0n) is 6.99. The number of nitrogens with one attached hydrogen (secondary N) is 1. The highest BCUT2D eigenvalue weighted by Crippen LogP contribution is 1.99. The van der Waals surface area contributed by atoms with Crippen molar-refractivity contribution >= 4 is 6.01 Å². The predicted molar refractivity (Wildman–Crippen MR) is 45.2 cm³/mol. The lowest BCUT2D eigenvalue weighted by molar-refractivity contribution is -0.724. The molecular weight excluding hydrogens is 186 g/mol. The smallest absolute Gasteiger partial charge is 0.257 e. The molecule has 0 saturated heterocycles. The van der Waals surface area contributed by atoms with Crippen molar-refractivity contribution in [3.63, 3.8) is 0 Å². The quantitative estimate of drug-likeness (QED) is 0.433. The molecule has 0 saturated carbocycles. The van der Waals surface area contributed by atoms with Gasteiger partial charge in [-0.05, 0) is 0 Å². The van der Waals surface area contributed by atoms with Gasteiger partial charge in [0, 0.05) is 12.1 Å². The Morgan fingerprint density at radius 2 is 2.14 bits per heavy atom. The number of rotatable bonds is 3. The molecule has 7 heteroatoms. The van der Waals surface area contributed by atoms with Crippen LogP contribution in [0.2, 0.25) is 0 Å². The monoisotopic (exact) mass is 192 g/mol. The van der Waals surface area contributed by atoms with Crippen molar-refractivity contribution in [2.75, 3.05) is 5.43 Å². The van der Waals surface area contributed by atoms with Crippen LogP contribution in [0.15, 0.2) is 40.1 Å². The van der Waals surface area contributed by atoms with E-state index in [1.54, 1.807) is 12.1 Å². The highest BCUT2D eigenvalue weighted by atomic mass is 16.5. The van der Waals surface area contributed by atoms with E-state index < -0.39 is 0 Å². The van der Waals surface area contributed by atoms with Gasteiger partial charge in [0.1, 0.15) is 9.90 Å². The van der Waals surface area contributed by atoms with Crippen LogP contribution in [0.5, 0.6) is 0 Å². The number of aromatic nitrogens is 3. The number of nitroso groups, excluding NO2 is 1. The fraction of sp³-hybridized carbons (Fsp3) is 0. The normalized spacial score (nSPS) is 9.71. The second-order valence-corrected chi connectivity index (χ2v) is 2.41. The van der Waals surface area contributed by atoms with Gasteiger partial charge in [-0.3, -0.25) is 4.52 Å². The topological polar surface area (TPSA) is 84.3 Å². The summed E-state index contributed by atoms with van der Waals surface area (Å²) in [6.45, 7) is 0. The second kappa shape index (κ2) is 3.60. The molecule has 1 heterocycles. The van der Waals surface area contributed by atoms with E-state index in [1.165, 1.54) is 4.80 Å². The van der Waals surface area contributed by atoms with Gasteiger partial charge in [-0.2, -0.15) is 5.43 Å². The zero-order valence-corrected chi connectivity index (χ0v) is 6.99. The van der Waals surface area contributed by atoms with Crippen LogP contribution < -0.4 is 10.2 Å². The molecule has 0 aliphatic rings. The first-order chi connectivity index (χ1) is 6.90. The number of hydrogen-bond donors (Lipinski definition) is 1. The molecule has 2 rings (SSSR count). The molecule has 0 bridgehead atoms. The van der Waals surface area contributed by atoms with Crippen LogP contribution in [-0.4, -0.2) is 10.4 Å². The molecule has 0 atom stereocenters. The van der Waals surface area contributed by atoms with Crippen molar-refractivity contribution in [3.8, 4) is 5.69 Å². The Morgan fingerprint density at radius 3 is 2.86 bits per heavy atom. The van der Waals surface area contributed by atoms with Gasteiger partial charge in [0.2, 0.25) is 5.27 Å². The van der Waals surface area contributed by atoms with Gasteiger partial charge >= 0.3 is 6.01 Å². The Hall–Kier alpha value is -2.31. The van der Waals surface area contributed by atoms with E-state index in [4.69, 9.17) is 0 Å². The lowest BCUT2D eigenvalue weighted by atomic mass is 10.3. The fourth-order valence-corrected chi connectivity index (χ4v) is 0.948. The summed E-state index contributed by atoms with van der Waals surface area (Å²) in [5.74, 6) is 0. The number of benzene rings is 1. The molecule has 0 spiro atoms. The van der Waals surface area contributed by atoms with E-state index >= 15 is 0 Å². The van der Waals surface area contributed by atoms with Crippen LogP contribution in [-0.2, 0) is 0 Å². The van der Waals surface area contributed by atoms with Crippen molar-refractivity contribution in [1.29, 1.82) is 0 Å². The third-order valence-corrected chi connectivity index (χ3v) is 1.52. The van der Waals surface area contributed by atoms with E-state index in [0.29, 0.717) is 0 Å². The number of para-hydroxylation sites is 1. The van der Waals surface area contributed by atoms with Crippen molar-refractivity contribution in [1.82, 2.24) is 10.4 Å². The van der Waals surface area contributed by atoms with Gasteiger partial charge in [-0.15, -0.1) is 4.91 Å². The molecule has 1 aromatic carbocycles. The van der Waals surface area contributed by atoms with Crippen molar-refractivity contribution < 1.29 is 9.32 Å². The molecule has 14 heavy (non-hydrogen) atoms. The summed E-state index contributed by atoms with van der Waals surface area (Å²) >= 11 is 0. The van der Waals surface area contributed by atoms with Crippen LogP contribution in [0, 0.1) is 4.91 Å². The minimum absolute atomic E-state index is 0.0520. The maximum atomic E-state index is 9.82. The summed E-state index contributed by atoms with van der Waals surface area (Å²) in [5, 5.41) is 9.78.